The van der Waals surface area contributed by atoms with E-state index in [2.05, 4.69) is 59.3 Å². The van der Waals surface area contributed by atoms with Gasteiger partial charge in [0.1, 0.15) is 0 Å². The monoisotopic (exact) mass is 490 g/mol. The average Bonchev–Trinajstić information content (AvgIpc) is 2.87. The van der Waals surface area contributed by atoms with E-state index in [1.807, 2.05) is 13.1 Å². The van der Waals surface area contributed by atoms with Crippen LogP contribution in [0, 0.1) is 0 Å². The van der Waals surface area contributed by atoms with E-state index >= 15 is 0 Å². The summed E-state index contributed by atoms with van der Waals surface area (Å²) in [5.41, 5.74) is 5.67. The third-order valence-corrected chi connectivity index (χ3v) is 8.08. The second kappa shape index (κ2) is 12.0. The summed E-state index contributed by atoms with van der Waals surface area (Å²) < 4.78 is 0. The lowest BCUT2D eigenvalue weighted by atomic mass is 9.88. The van der Waals surface area contributed by atoms with E-state index in [-0.39, 0.29) is 18.2 Å². The zero-order chi connectivity index (χ0) is 25.7. The van der Waals surface area contributed by atoms with Crippen LogP contribution in [0.25, 0.3) is 0 Å². The standard InChI is InChI=1S/C30H42N4O2/c1-5-34(24-14-12-23(13-15-24)33(3)4)28-20-31-18-27-25(28)11-9-7-6-8-10-22-16-21(2)17-29(35)26(22)19-32-30(27)36/h7,9,16,18,20,23-24H,5-6,8,10-15,17,19H2,1-4H3,(H,32,36)/t23-,24-. The van der Waals surface area contributed by atoms with Gasteiger partial charge < -0.3 is 15.1 Å². The number of hydrogen-bond acceptors (Lipinski definition) is 5. The minimum atomic E-state index is -0.148. The minimum absolute atomic E-state index is 0.133. The number of ketones is 1. The van der Waals surface area contributed by atoms with Crippen molar-refractivity contribution in [2.75, 3.05) is 32.1 Å². The number of allylic oxidation sites excluding steroid dienone is 5. The molecule has 0 bridgehead atoms. The van der Waals surface area contributed by atoms with E-state index in [1.54, 1.807) is 6.20 Å². The molecular formula is C30H42N4O2. The number of amides is 1. The Bertz CT molecular complexity index is 1060. The van der Waals surface area contributed by atoms with Crippen molar-refractivity contribution < 1.29 is 9.59 Å². The lowest BCUT2D eigenvalue weighted by Gasteiger charge is -2.40. The molecular weight excluding hydrogens is 448 g/mol. The van der Waals surface area contributed by atoms with Crippen LogP contribution in [0.2, 0.25) is 0 Å². The lowest BCUT2D eigenvalue weighted by molar-refractivity contribution is -0.115. The molecule has 194 valence electrons. The first-order valence-corrected chi connectivity index (χ1v) is 13.6. The maximum absolute atomic E-state index is 13.5. The van der Waals surface area contributed by atoms with Crippen LogP contribution >= 0.6 is 0 Å². The SMILES string of the molecule is CCN(c1cncc2c1CC=CCCCC1=C(CNC2=O)C(=O)CC(C)=C1)[C@H]1CC[C@H](N(C)C)CC1. The van der Waals surface area contributed by atoms with Crippen LogP contribution in [0.1, 0.15) is 81.1 Å². The third-order valence-electron chi connectivity index (χ3n) is 8.08. The number of carbonyl (C=O) groups is 2. The molecule has 1 N–H and O–H groups in total. The van der Waals surface area contributed by atoms with Gasteiger partial charge in [-0.15, -0.1) is 0 Å². The quantitative estimate of drug-likeness (QED) is 0.601. The highest BCUT2D eigenvalue weighted by Crippen LogP contribution is 2.33. The summed E-state index contributed by atoms with van der Waals surface area (Å²) in [7, 11) is 4.35. The predicted molar refractivity (Wildman–Crippen MR) is 146 cm³/mol. The summed E-state index contributed by atoms with van der Waals surface area (Å²) in [4.78, 5) is 35.6. The number of aromatic nitrogens is 1. The number of rotatable bonds is 4. The van der Waals surface area contributed by atoms with Crippen LogP contribution in [0.3, 0.4) is 0 Å². The molecule has 3 aliphatic rings. The second-order valence-corrected chi connectivity index (χ2v) is 10.7. The number of carbonyl (C=O) groups excluding carboxylic acids is 2. The molecule has 0 spiro atoms. The average molecular weight is 491 g/mol. The van der Waals surface area contributed by atoms with Crippen LogP contribution in [-0.4, -0.2) is 60.8 Å². The van der Waals surface area contributed by atoms with Crippen LogP contribution < -0.4 is 10.2 Å². The summed E-state index contributed by atoms with van der Waals surface area (Å²) in [6.45, 7) is 5.37. The first-order valence-electron chi connectivity index (χ1n) is 13.6. The fourth-order valence-corrected chi connectivity index (χ4v) is 6.05. The van der Waals surface area contributed by atoms with Crippen molar-refractivity contribution >= 4 is 17.4 Å². The molecule has 4 rings (SSSR count). The third kappa shape index (κ3) is 5.97. The number of nitrogens with zero attached hydrogens (tertiary/aromatic N) is 3. The van der Waals surface area contributed by atoms with Gasteiger partial charge in [-0.2, -0.15) is 0 Å². The minimum Gasteiger partial charge on any atom is -0.367 e. The molecule has 1 fully saturated rings. The Morgan fingerprint density at radius 3 is 2.53 bits per heavy atom. The van der Waals surface area contributed by atoms with E-state index < -0.39 is 0 Å². The zero-order valence-corrected chi connectivity index (χ0v) is 22.5. The Morgan fingerprint density at radius 2 is 1.81 bits per heavy atom. The molecule has 6 heteroatoms. The van der Waals surface area contributed by atoms with Gasteiger partial charge in [0.05, 0.1) is 17.4 Å². The van der Waals surface area contributed by atoms with Crippen molar-refractivity contribution in [1.82, 2.24) is 15.2 Å². The topological polar surface area (TPSA) is 65.5 Å². The van der Waals surface area contributed by atoms with Gasteiger partial charge in [0.15, 0.2) is 5.78 Å². The highest BCUT2D eigenvalue weighted by atomic mass is 16.2. The van der Waals surface area contributed by atoms with Gasteiger partial charge >= 0.3 is 0 Å². The van der Waals surface area contributed by atoms with Crippen LogP contribution in [0.15, 0.2) is 47.3 Å². The normalized spacial score (nSPS) is 23.6. The van der Waals surface area contributed by atoms with Gasteiger partial charge in [0, 0.05) is 43.4 Å². The highest BCUT2D eigenvalue weighted by molar-refractivity contribution is 6.02. The first kappa shape index (κ1) is 26.3. The Morgan fingerprint density at radius 1 is 1.06 bits per heavy atom. The number of fused-ring (bicyclic) bond motifs is 1. The van der Waals surface area contributed by atoms with Gasteiger partial charge in [-0.3, -0.25) is 14.6 Å². The summed E-state index contributed by atoms with van der Waals surface area (Å²) in [5, 5.41) is 3.07. The molecule has 0 radical (unpaired) electrons. The Hall–Kier alpha value is -2.73. The summed E-state index contributed by atoms with van der Waals surface area (Å²) >= 11 is 0. The Kier molecular flexibility index (Phi) is 8.78. The molecule has 2 aliphatic carbocycles. The number of Topliss-reactive ketones (excluding diaryl/α,β-unsaturated/α-hetero) is 1. The van der Waals surface area contributed by atoms with Crippen molar-refractivity contribution in [3.63, 3.8) is 0 Å². The van der Waals surface area contributed by atoms with Crippen LogP contribution in [-0.2, 0) is 11.2 Å². The molecule has 36 heavy (non-hydrogen) atoms. The smallest absolute Gasteiger partial charge is 0.253 e. The molecule has 1 saturated carbocycles. The molecule has 1 aromatic heterocycles. The van der Waals surface area contributed by atoms with E-state index in [1.165, 1.54) is 12.8 Å². The van der Waals surface area contributed by atoms with Crippen LogP contribution in [0.4, 0.5) is 5.69 Å². The molecule has 1 aliphatic heterocycles. The van der Waals surface area contributed by atoms with Crippen LogP contribution in [0.5, 0.6) is 0 Å². The zero-order valence-electron chi connectivity index (χ0n) is 22.5. The highest BCUT2D eigenvalue weighted by Gasteiger charge is 2.29. The fraction of sp³-hybridized carbons (Fsp3) is 0.567. The van der Waals surface area contributed by atoms with E-state index in [0.717, 1.165) is 66.6 Å². The molecule has 1 aromatic rings. The van der Waals surface area contributed by atoms with Gasteiger partial charge in [0.2, 0.25) is 0 Å². The lowest BCUT2D eigenvalue weighted by Crippen LogP contribution is -2.42. The van der Waals surface area contributed by atoms with Gasteiger partial charge in [-0.1, -0.05) is 23.8 Å². The Balaban J connectivity index is 1.63. The fourth-order valence-electron chi connectivity index (χ4n) is 6.05. The molecule has 0 atom stereocenters. The number of hydrogen-bond donors (Lipinski definition) is 1. The van der Waals surface area contributed by atoms with Crippen molar-refractivity contribution in [2.45, 2.75) is 83.7 Å². The van der Waals surface area contributed by atoms with E-state index in [0.29, 0.717) is 30.5 Å². The summed E-state index contributed by atoms with van der Waals surface area (Å²) in [6, 6.07) is 1.10. The second-order valence-electron chi connectivity index (χ2n) is 10.7. The Labute approximate surface area is 216 Å². The molecule has 6 nitrogen and oxygen atoms in total. The largest absolute Gasteiger partial charge is 0.367 e. The van der Waals surface area contributed by atoms with Gasteiger partial charge in [-0.25, -0.2) is 0 Å². The van der Waals surface area contributed by atoms with Gasteiger partial charge in [-0.05, 0) is 90.4 Å². The number of nitrogens with one attached hydrogen (secondary N) is 1. The first-order chi connectivity index (χ1) is 17.4. The van der Waals surface area contributed by atoms with E-state index in [4.69, 9.17) is 0 Å². The van der Waals surface area contributed by atoms with Crippen molar-refractivity contribution in [3.05, 3.63) is 58.5 Å². The molecule has 2 heterocycles. The van der Waals surface area contributed by atoms with Crippen molar-refractivity contribution in [3.8, 4) is 0 Å². The molecule has 0 aromatic carbocycles. The predicted octanol–water partition coefficient (Wildman–Crippen LogP) is 5.01. The summed E-state index contributed by atoms with van der Waals surface area (Å²) in [6.07, 6.45) is 18.8. The molecule has 0 saturated heterocycles. The maximum Gasteiger partial charge on any atom is 0.253 e. The summed E-state index contributed by atoms with van der Waals surface area (Å²) in [5.74, 6) is -0.0152. The number of anilines is 1. The molecule has 0 unspecified atom stereocenters. The van der Waals surface area contributed by atoms with Crippen molar-refractivity contribution in [2.24, 2.45) is 0 Å². The van der Waals surface area contributed by atoms with Crippen molar-refractivity contribution in [1.29, 1.82) is 0 Å². The van der Waals surface area contributed by atoms with E-state index in [9.17, 15) is 9.59 Å². The maximum atomic E-state index is 13.5. The van der Waals surface area contributed by atoms with Gasteiger partial charge in [0.25, 0.3) is 5.91 Å². The number of pyridine rings is 1. The molecule has 1 amide bonds.